The monoisotopic (exact) mass is 383 g/mol. The number of aromatic carboxylic acids is 1. The summed E-state index contributed by atoms with van der Waals surface area (Å²) < 4.78 is 5.72. The van der Waals surface area contributed by atoms with Gasteiger partial charge in [-0.05, 0) is 54.5 Å². The maximum atomic E-state index is 12.4. The van der Waals surface area contributed by atoms with Crippen LogP contribution in [0.5, 0.6) is 0 Å². The van der Waals surface area contributed by atoms with Gasteiger partial charge in [-0.1, -0.05) is 12.1 Å². The van der Waals surface area contributed by atoms with E-state index in [1.807, 2.05) is 6.92 Å². The van der Waals surface area contributed by atoms with Gasteiger partial charge in [0.05, 0.1) is 5.97 Å². The molecule has 2 aromatic rings. The molecule has 1 aliphatic heterocycles. The highest BCUT2D eigenvalue weighted by atomic mass is 32.1. The highest BCUT2D eigenvalue weighted by molar-refractivity contribution is 7.80. The number of aryl methyl sites for hydroxylation is 1. The zero-order valence-corrected chi connectivity index (χ0v) is 15.6. The van der Waals surface area contributed by atoms with Crippen LogP contribution in [0.4, 0.5) is 0 Å². The van der Waals surface area contributed by atoms with Crippen molar-refractivity contribution in [1.29, 1.82) is 0 Å². The van der Waals surface area contributed by atoms with Crippen molar-refractivity contribution < 1.29 is 23.9 Å². The van der Waals surface area contributed by atoms with Crippen molar-refractivity contribution in [2.45, 2.75) is 6.92 Å². The first-order chi connectivity index (χ1) is 12.7. The molecule has 0 radical (unpaired) electrons. The molecule has 8 heteroatoms. The van der Waals surface area contributed by atoms with E-state index in [0.717, 1.165) is 5.56 Å². The molecule has 0 aliphatic carbocycles. The van der Waals surface area contributed by atoms with Crippen molar-refractivity contribution in [3.05, 3.63) is 52.8 Å². The quantitative estimate of drug-likeness (QED) is 0.449. The molecule has 0 unspecified atom stereocenters. The third-order valence-corrected chi connectivity index (χ3v) is 4.84. The Bertz CT molecular complexity index is 995. The number of benzene rings is 1. The van der Waals surface area contributed by atoms with Crippen molar-refractivity contribution >= 4 is 41.2 Å². The van der Waals surface area contributed by atoms with Crippen LogP contribution in [-0.2, 0) is 9.59 Å². The van der Waals surface area contributed by atoms with Gasteiger partial charge < -0.3 is 14.3 Å². The summed E-state index contributed by atoms with van der Waals surface area (Å²) in [5.74, 6) is -1.62. The molecule has 138 valence electrons. The lowest BCUT2D eigenvalue weighted by Gasteiger charge is -2.31. The number of thiocarbonyl (C=S) groups is 1. The fourth-order valence-corrected chi connectivity index (χ4v) is 2.87. The molecular formula is C19H15N2O5S-. The Morgan fingerprint density at radius 3 is 2.33 bits per heavy atom. The zero-order chi connectivity index (χ0) is 19.9. The van der Waals surface area contributed by atoms with E-state index in [0.29, 0.717) is 11.3 Å². The van der Waals surface area contributed by atoms with Crippen molar-refractivity contribution in [3.8, 4) is 11.3 Å². The Morgan fingerprint density at radius 2 is 1.74 bits per heavy atom. The van der Waals surface area contributed by atoms with E-state index in [1.165, 1.54) is 42.1 Å². The maximum absolute atomic E-state index is 12.4. The molecule has 2 amide bonds. The van der Waals surface area contributed by atoms with Gasteiger partial charge in [0.2, 0.25) is 0 Å². The predicted octanol–water partition coefficient (Wildman–Crippen LogP) is 1.22. The van der Waals surface area contributed by atoms with E-state index in [2.05, 4.69) is 0 Å². The van der Waals surface area contributed by atoms with Crippen LogP contribution < -0.4 is 5.11 Å². The van der Waals surface area contributed by atoms with Crippen molar-refractivity contribution in [2.75, 3.05) is 14.1 Å². The number of carbonyl (C=O) groups excluding carboxylic acids is 3. The van der Waals surface area contributed by atoms with Gasteiger partial charge in [0.1, 0.15) is 17.1 Å². The van der Waals surface area contributed by atoms with Crippen LogP contribution in [0.3, 0.4) is 0 Å². The average Bonchev–Trinajstić information content (AvgIpc) is 3.10. The molecule has 1 aromatic carbocycles. The summed E-state index contributed by atoms with van der Waals surface area (Å²) in [5.41, 5.74) is 1.34. The summed E-state index contributed by atoms with van der Waals surface area (Å²) in [6.07, 6.45) is 1.35. The summed E-state index contributed by atoms with van der Waals surface area (Å²) in [4.78, 5) is 38.2. The molecule has 0 spiro atoms. The van der Waals surface area contributed by atoms with Crippen LogP contribution >= 0.6 is 12.2 Å². The van der Waals surface area contributed by atoms with Crippen molar-refractivity contribution in [2.24, 2.45) is 0 Å². The van der Waals surface area contributed by atoms with Gasteiger partial charge in [-0.2, -0.15) is 0 Å². The first-order valence-electron chi connectivity index (χ1n) is 7.94. The third kappa shape index (κ3) is 3.26. The van der Waals surface area contributed by atoms with E-state index in [1.54, 1.807) is 18.2 Å². The second-order valence-electron chi connectivity index (χ2n) is 6.09. The first-order valence-corrected chi connectivity index (χ1v) is 8.35. The molecule has 0 atom stereocenters. The van der Waals surface area contributed by atoms with E-state index in [9.17, 15) is 19.5 Å². The molecule has 0 bridgehead atoms. The van der Waals surface area contributed by atoms with Gasteiger partial charge in [-0.3, -0.25) is 19.4 Å². The molecular weight excluding hydrogens is 368 g/mol. The molecule has 27 heavy (non-hydrogen) atoms. The second-order valence-corrected chi connectivity index (χ2v) is 6.45. The van der Waals surface area contributed by atoms with Gasteiger partial charge in [0.25, 0.3) is 11.8 Å². The lowest BCUT2D eigenvalue weighted by atomic mass is 10.0. The largest absolute Gasteiger partial charge is 0.545 e. The Kier molecular flexibility index (Phi) is 4.67. The Labute approximate surface area is 160 Å². The average molecular weight is 383 g/mol. The lowest BCUT2D eigenvalue weighted by molar-refractivity contribution is -0.255. The molecule has 1 fully saturated rings. The Morgan fingerprint density at radius 1 is 1.11 bits per heavy atom. The zero-order valence-electron chi connectivity index (χ0n) is 14.8. The molecule has 1 saturated heterocycles. The Hall–Kier alpha value is -3.26. The highest BCUT2D eigenvalue weighted by Crippen LogP contribution is 2.28. The number of carbonyl (C=O) groups is 3. The molecule has 0 saturated carbocycles. The number of likely N-dealkylation sites (N-methyl/N-ethyl adjacent to an activating group) is 2. The minimum atomic E-state index is -1.29. The van der Waals surface area contributed by atoms with Crippen molar-refractivity contribution in [1.82, 2.24) is 9.80 Å². The van der Waals surface area contributed by atoms with Gasteiger partial charge >= 0.3 is 0 Å². The van der Waals surface area contributed by atoms with Crippen LogP contribution in [0.1, 0.15) is 21.7 Å². The summed E-state index contributed by atoms with van der Waals surface area (Å²) in [6, 6.07) is 7.80. The van der Waals surface area contributed by atoms with Crippen LogP contribution in [0.15, 0.2) is 40.3 Å². The molecule has 1 aromatic heterocycles. The van der Waals surface area contributed by atoms with E-state index < -0.39 is 17.8 Å². The summed E-state index contributed by atoms with van der Waals surface area (Å²) in [5, 5.41) is 11.2. The van der Waals surface area contributed by atoms with Crippen molar-refractivity contribution in [3.63, 3.8) is 0 Å². The highest BCUT2D eigenvalue weighted by Gasteiger charge is 2.35. The second kappa shape index (κ2) is 6.81. The van der Waals surface area contributed by atoms with Crippen LogP contribution in [-0.4, -0.2) is 46.8 Å². The molecule has 3 rings (SSSR count). The normalized spacial score (nSPS) is 14.8. The van der Waals surface area contributed by atoms with Crippen LogP contribution in [0.2, 0.25) is 0 Å². The lowest BCUT2D eigenvalue weighted by Crippen LogP contribution is -2.52. The summed E-state index contributed by atoms with van der Waals surface area (Å²) in [6.45, 7) is 1.81. The standard InChI is InChI=1S/C19H16N2O5S/c1-10-4-5-11(18(24)25)8-13(10)15-7-6-12(26-15)9-14-16(22)20(2)19(27)21(3)17(14)23/h4-9H,1-3H3,(H,24,25)/p-1. The molecule has 1 aliphatic rings. The topological polar surface area (TPSA) is 93.9 Å². The minimum Gasteiger partial charge on any atom is -0.545 e. The van der Waals surface area contributed by atoms with Crippen LogP contribution in [0.25, 0.3) is 17.4 Å². The number of amides is 2. The number of carboxylic acid groups (broad SMARTS) is 1. The number of hydrogen-bond acceptors (Lipinski definition) is 6. The van der Waals surface area contributed by atoms with Gasteiger partial charge in [0.15, 0.2) is 5.11 Å². The smallest absolute Gasteiger partial charge is 0.265 e. The molecule has 7 nitrogen and oxygen atoms in total. The van der Waals surface area contributed by atoms with E-state index >= 15 is 0 Å². The van der Waals surface area contributed by atoms with E-state index in [-0.39, 0.29) is 22.0 Å². The number of carboxylic acids is 1. The first kappa shape index (κ1) is 18.5. The van der Waals surface area contributed by atoms with E-state index in [4.69, 9.17) is 16.6 Å². The number of furan rings is 1. The fourth-order valence-electron chi connectivity index (χ4n) is 2.71. The minimum absolute atomic E-state index is 0.0290. The number of hydrogen-bond donors (Lipinski definition) is 0. The van der Waals surface area contributed by atoms with Gasteiger partial charge in [-0.15, -0.1) is 0 Å². The summed E-state index contributed by atoms with van der Waals surface area (Å²) in [7, 11) is 2.98. The molecule has 0 N–H and O–H groups in total. The maximum Gasteiger partial charge on any atom is 0.265 e. The summed E-state index contributed by atoms with van der Waals surface area (Å²) >= 11 is 5.04. The van der Waals surface area contributed by atoms with Gasteiger partial charge in [0, 0.05) is 19.7 Å². The predicted molar refractivity (Wildman–Crippen MR) is 99.3 cm³/mol. The SMILES string of the molecule is Cc1ccc(C(=O)[O-])cc1-c1ccc(C=C2C(=O)N(C)C(=S)N(C)C2=O)o1. The Balaban J connectivity index is 1.99. The van der Waals surface area contributed by atoms with Gasteiger partial charge in [-0.25, -0.2) is 0 Å². The molecule has 2 heterocycles. The fraction of sp³-hybridized carbons (Fsp3) is 0.158. The number of nitrogens with zero attached hydrogens (tertiary/aromatic N) is 2. The third-order valence-electron chi connectivity index (χ3n) is 4.30. The van der Waals surface area contributed by atoms with Crippen LogP contribution in [0, 0.1) is 6.92 Å². The number of rotatable bonds is 3.